The van der Waals surface area contributed by atoms with Gasteiger partial charge in [0.05, 0.1) is 5.71 Å². The summed E-state index contributed by atoms with van der Waals surface area (Å²) >= 11 is 0. The number of fused-ring (bicyclic) bond motifs is 1. The number of ether oxygens (including phenoxy) is 1. The van der Waals surface area contributed by atoms with Crippen molar-refractivity contribution in [1.82, 2.24) is 0 Å². The maximum Gasteiger partial charge on any atom is 0.133 e. The Balaban J connectivity index is 2.26. The van der Waals surface area contributed by atoms with Gasteiger partial charge in [0, 0.05) is 17.5 Å². The molecule has 1 spiro atoms. The Kier molecular flexibility index (Phi) is 3.34. The van der Waals surface area contributed by atoms with Crippen LogP contribution in [-0.2, 0) is 11.3 Å². The predicted molar refractivity (Wildman–Crippen MR) is 82.3 cm³/mol. The number of hydrogen-bond acceptors (Lipinski definition) is 4. The van der Waals surface area contributed by atoms with Gasteiger partial charge in [-0.15, -0.1) is 0 Å². The van der Waals surface area contributed by atoms with Crippen molar-refractivity contribution in [3.63, 3.8) is 0 Å². The maximum atomic E-state index is 10.5. The molecule has 1 aromatic rings. The van der Waals surface area contributed by atoms with Gasteiger partial charge < -0.3 is 14.7 Å². The predicted octanol–water partition coefficient (Wildman–Crippen LogP) is 3.63. The van der Waals surface area contributed by atoms with Crippen LogP contribution < -0.4 is 4.74 Å². The highest BCUT2D eigenvalue weighted by molar-refractivity contribution is 6.06. The standard InChI is InChI=1S/C17H23NO3/c1-5-12-14-13(18-20-4)9-17(7-6-8-17)21-16(14)11(3)10(2)15(12)19/h19H,5-9H2,1-4H3/b18-13+. The van der Waals surface area contributed by atoms with E-state index in [0.29, 0.717) is 5.75 Å². The summed E-state index contributed by atoms with van der Waals surface area (Å²) in [4.78, 5) is 5.06. The Morgan fingerprint density at radius 2 is 2.00 bits per heavy atom. The van der Waals surface area contributed by atoms with Gasteiger partial charge in [-0.2, -0.15) is 0 Å². The summed E-state index contributed by atoms with van der Waals surface area (Å²) in [5.74, 6) is 1.26. The van der Waals surface area contributed by atoms with Crippen LogP contribution in [0.1, 0.15) is 54.9 Å². The molecule has 21 heavy (non-hydrogen) atoms. The largest absolute Gasteiger partial charge is 0.507 e. The van der Waals surface area contributed by atoms with E-state index in [1.54, 1.807) is 7.11 Å². The molecule has 2 aliphatic rings. The molecular weight excluding hydrogens is 266 g/mol. The minimum absolute atomic E-state index is 0.108. The summed E-state index contributed by atoms with van der Waals surface area (Å²) < 4.78 is 6.39. The van der Waals surface area contributed by atoms with Crippen LogP contribution in [0, 0.1) is 13.8 Å². The second-order valence-corrected chi connectivity index (χ2v) is 6.17. The van der Waals surface area contributed by atoms with Crippen LogP contribution in [0.4, 0.5) is 0 Å². The molecule has 0 bridgehead atoms. The van der Waals surface area contributed by atoms with Crippen molar-refractivity contribution in [2.24, 2.45) is 5.16 Å². The van der Waals surface area contributed by atoms with E-state index in [9.17, 15) is 5.11 Å². The highest BCUT2D eigenvalue weighted by Gasteiger charge is 2.46. The fourth-order valence-electron chi connectivity index (χ4n) is 3.48. The van der Waals surface area contributed by atoms with Gasteiger partial charge in [0.25, 0.3) is 0 Å². The lowest BCUT2D eigenvalue weighted by Gasteiger charge is -2.46. The number of hydrogen-bond donors (Lipinski definition) is 1. The second-order valence-electron chi connectivity index (χ2n) is 6.17. The maximum absolute atomic E-state index is 10.5. The summed E-state index contributed by atoms with van der Waals surface area (Å²) in [6.07, 6.45) is 4.84. The number of phenols is 1. The first-order chi connectivity index (χ1) is 10.0. The van der Waals surface area contributed by atoms with Crippen LogP contribution in [-0.4, -0.2) is 23.5 Å². The van der Waals surface area contributed by atoms with Crippen molar-refractivity contribution < 1.29 is 14.7 Å². The van der Waals surface area contributed by atoms with Gasteiger partial charge in [-0.25, -0.2) is 0 Å². The average molecular weight is 289 g/mol. The van der Waals surface area contributed by atoms with E-state index < -0.39 is 0 Å². The quantitative estimate of drug-likeness (QED) is 0.846. The minimum Gasteiger partial charge on any atom is -0.507 e. The Hall–Kier alpha value is -1.71. The summed E-state index contributed by atoms with van der Waals surface area (Å²) in [5.41, 5.74) is 4.57. The molecule has 0 saturated heterocycles. The third kappa shape index (κ3) is 2.00. The van der Waals surface area contributed by atoms with E-state index in [-0.39, 0.29) is 5.60 Å². The topological polar surface area (TPSA) is 51.1 Å². The van der Waals surface area contributed by atoms with Crippen molar-refractivity contribution in [2.75, 3.05) is 7.11 Å². The van der Waals surface area contributed by atoms with Gasteiger partial charge in [0.15, 0.2) is 0 Å². The Morgan fingerprint density at radius 1 is 1.29 bits per heavy atom. The summed E-state index contributed by atoms with van der Waals surface area (Å²) in [6.45, 7) is 6.00. The molecule has 0 radical (unpaired) electrons. The van der Waals surface area contributed by atoms with E-state index in [0.717, 1.165) is 59.4 Å². The fraction of sp³-hybridized carbons (Fsp3) is 0.588. The lowest BCUT2D eigenvalue weighted by molar-refractivity contribution is -0.00654. The monoisotopic (exact) mass is 289 g/mol. The number of aromatic hydroxyl groups is 1. The molecule has 1 aliphatic heterocycles. The third-order valence-corrected chi connectivity index (χ3v) is 4.99. The molecule has 0 amide bonds. The SMILES string of the molecule is CCc1c(O)c(C)c(C)c2c1/C(=N/OC)CC1(CCC1)O2. The molecule has 3 rings (SSSR count). The van der Waals surface area contributed by atoms with Crippen LogP contribution in [0.2, 0.25) is 0 Å². The van der Waals surface area contributed by atoms with E-state index in [4.69, 9.17) is 9.57 Å². The number of oxime groups is 1. The van der Waals surface area contributed by atoms with Gasteiger partial charge in [0.1, 0.15) is 24.2 Å². The lowest BCUT2D eigenvalue weighted by Crippen LogP contribution is -2.48. The molecule has 1 aromatic carbocycles. The van der Waals surface area contributed by atoms with Crippen LogP contribution in [0.25, 0.3) is 0 Å². The summed E-state index contributed by atoms with van der Waals surface area (Å²) in [6, 6.07) is 0. The van der Waals surface area contributed by atoms with Gasteiger partial charge in [-0.3, -0.25) is 0 Å². The summed E-state index contributed by atoms with van der Waals surface area (Å²) in [5, 5.41) is 14.7. The molecule has 0 aromatic heterocycles. The van der Waals surface area contributed by atoms with Gasteiger partial charge in [0.2, 0.25) is 0 Å². The molecule has 4 heteroatoms. The third-order valence-electron chi connectivity index (χ3n) is 4.99. The first-order valence-corrected chi connectivity index (χ1v) is 7.67. The normalized spacial score (nSPS) is 20.9. The number of nitrogens with zero attached hydrogens (tertiary/aromatic N) is 1. The summed E-state index contributed by atoms with van der Waals surface area (Å²) in [7, 11) is 1.57. The van der Waals surface area contributed by atoms with Crippen molar-refractivity contribution in [3.05, 3.63) is 22.3 Å². The number of rotatable bonds is 2. The van der Waals surface area contributed by atoms with Crippen LogP contribution in [0.5, 0.6) is 11.5 Å². The second kappa shape index (κ2) is 4.93. The zero-order chi connectivity index (χ0) is 15.2. The van der Waals surface area contributed by atoms with Crippen molar-refractivity contribution >= 4 is 5.71 Å². The number of phenolic OH excluding ortho intramolecular Hbond substituents is 1. The smallest absolute Gasteiger partial charge is 0.133 e. The highest BCUT2D eigenvalue weighted by Crippen LogP contribution is 2.49. The Labute approximate surface area is 125 Å². The zero-order valence-corrected chi connectivity index (χ0v) is 13.2. The van der Waals surface area contributed by atoms with E-state index >= 15 is 0 Å². The van der Waals surface area contributed by atoms with E-state index in [1.165, 1.54) is 6.42 Å². The van der Waals surface area contributed by atoms with Crippen molar-refractivity contribution in [2.45, 2.75) is 58.5 Å². The van der Waals surface area contributed by atoms with Gasteiger partial charge in [-0.05, 0) is 50.7 Å². The van der Waals surface area contributed by atoms with Crippen LogP contribution in [0.3, 0.4) is 0 Å². The molecule has 1 saturated carbocycles. The van der Waals surface area contributed by atoms with Crippen molar-refractivity contribution in [3.8, 4) is 11.5 Å². The molecule has 1 fully saturated rings. The molecule has 1 heterocycles. The van der Waals surface area contributed by atoms with E-state index in [2.05, 4.69) is 5.16 Å². The Bertz CT molecular complexity index is 615. The first-order valence-electron chi connectivity index (χ1n) is 7.67. The molecule has 4 nitrogen and oxygen atoms in total. The number of benzene rings is 1. The lowest BCUT2D eigenvalue weighted by atomic mass is 9.72. The molecule has 1 aliphatic carbocycles. The molecule has 0 unspecified atom stereocenters. The molecule has 0 atom stereocenters. The average Bonchev–Trinajstić information content (AvgIpc) is 2.44. The van der Waals surface area contributed by atoms with Crippen molar-refractivity contribution in [1.29, 1.82) is 0 Å². The van der Waals surface area contributed by atoms with Crippen LogP contribution in [0.15, 0.2) is 5.16 Å². The molecular formula is C17H23NO3. The fourth-order valence-corrected chi connectivity index (χ4v) is 3.48. The van der Waals surface area contributed by atoms with Crippen LogP contribution >= 0.6 is 0 Å². The van der Waals surface area contributed by atoms with E-state index in [1.807, 2.05) is 20.8 Å². The molecule has 114 valence electrons. The Morgan fingerprint density at radius 3 is 2.52 bits per heavy atom. The minimum atomic E-state index is -0.108. The van der Waals surface area contributed by atoms with Gasteiger partial charge in [-0.1, -0.05) is 12.1 Å². The van der Waals surface area contributed by atoms with Gasteiger partial charge >= 0.3 is 0 Å². The zero-order valence-electron chi connectivity index (χ0n) is 13.2. The highest BCUT2D eigenvalue weighted by atomic mass is 16.6. The molecule has 1 N–H and O–H groups in total. The first kappa shape index (κ1) is 14.2.